The van der Waals surface area contributed by atoms with Gasteiger partial charge in [0.1, 0.15) is 5.78 Å². The van der Waals surface area contributed by atoms with E-state index in [0.29, 0.717) is 11.7 Å². The molecule has 21 heavy (non-hydrogen) atoms. The molecular weight excluding hydrogens is 260 g/mol. The van der Waals surface area contributed by atoms with Crippen LogP contribution in [0.3, 0.4) is 0 Å². The quantitative estimate of drug-likeness (QED) is 0.839. The topological polar surface area (TPSA) is 37.3 Å². The average Bonchev–Trinajstić information content (AvgIpc) is 2.75. The minimum Gasteiger partial charge on any atom is -0.393 e. The van der Waals surface area contributed by atoms with Crippen molar-refractivity contribution in [2.24, 2.45) is 29.1 Å². The minimum atomic E-state index is -0.0501. The van der Waals surface area contributed by atoms with Crippen LogP contribution in [0.5, 0.6) is 0 Å². The Morgan fingerprint density at radius 3 is 2.76 bits per heavy atom. The Kier molecular flexibility index (Phi) is 4.45. The number of fused-ring (bicyclic) bond motifs is 1. The Labute approximate surface area is 129 Å². The summed E-state index contributed by atoms with van der Waals surface area (Å²) >= 11 is 0. The van der Waals surface area contributed by atoms with Gasteiger partial charge in [0.15, 0.2) is 0 Å². The highest BCUT2D eigenvalue weighted by Gasteiger charge is 2.52. The van der Waals surface area contributed by atoms with Gasteiger partial charge in [0.05, 0.1) is 6.10 Å². The van der Waals surface area contributed by atoms with Crippen LogP contribution in [0, 0.1) is 29.1 Å². The molecule has 0 aromatic carbocycles. The molecule has 2 nitrogen and oxygen atoms in total. The molecule has 1 N–H and O–H groups in total. The minimum absolute atomic E-state index is 0.00323. The van der Waals surface area contributed by atoms with Gasteiger partial charge in [-0.25, -0.2) is 0 Å². The molecule has 3 aliphatic rings. The van der Waals surface area contributed by atoms with Gasteiger partial charge in [-0.1, -0.05) is 33.1 Å². The third kappa shape index (κ3) is 2.93. The monoisotopic (exact) mass is 292 g/mol. The molecule has 0 saturated heterocycles. The van der Waals surface area contributed by atoms with Crippen molar-refractivity contribution in [3.05, 3.63) is 0 Å². The fourth-order valence-electron chi connectivity index (χ4n) is 5.69. The van der Waals surface area contributed by atoms with Crippen LogP contribution in [0.25, 0.3) is 0 Å². The number of carbonyl (C=O) groups is 1. The SMILES string of the molecule is C[C@H]1CC[C@]2(C)C(=O)CC[C@H]2[C@@H]1CCC1CCCC(O)C1. The summed E-state index contributed by atoms with van der Waals surface area (Å²) in [5.74, 6) is 3.43. The zero-order chi connectivity index (χ0) is 15.0. The van der Waals surface area contributed by atoms with Gasteiger partial charge in [-0.2, -0.15) is 0 Å². The summed E-state index contributed by atoms with van der Waals surface area (Å²) in [4.78, 5) is 12.3. The first-order valence-electron chi connectivity index (χ1n) is 9.22. The molecule has 0 aliphatic heterocycles. The number of aliphatic hydroxyl groups is 1. The molecule has 0 aromatic heterocycles. The predicted octanol–water partition coefficient (Wildman–Crippen LogP) is 4.35. The van der Waals surface area contributed by atoms with Crippen LogP contribution in [-0.2, 0) is 4.79 Å². The van der Waals surface area contributed by atoms with Crippen molar-refractivity contribution in [1.82, 2.24) is 0 Å². The lowest BCUT2D eigenvalue weighted by molar-refractivity contribution is -0.129. The Morgan fingerprint density at radius 2 is 2.00 bits per heavy atom. The molecule has 0 amide bonds. The lowest BCUT2D eigenvalue weighted by Gasteiger charge is -2.45. The molecule has 0 bridgehead atoms. The molecule has 3 saturated carbocycles. The van der Waals surface area contributed by atoms with Crippen LogP contribution in [-0.4, -0.2) is 17.0 Å². The van der Waals surface area contributed by atoms with Crippen molar-refractivity contribution < 1.29 is 9.90 Å². The summed E-state index contributed by atoms with van der Waals surface area (Å²) < 4.78 is 0. The van der Waals surface area contributed by atoms with E-state index in [4.69, 9.17) is 0 Å². The fourth-order valence-corrected chi connectivity index (χ4v) is 5.69. The molecule has 0 heterocycles. The maximum Gasteiger partial charge on any atom is 0.139 e. The van der Waals surface area contributed by atoms with Gasteiger partial charge in [-0.3, -0.25) is 4.79 Å². The Hall–Kier alpha value is -0.370. The van der Waals surface area contributed by atoms with Gasteiger partial charge >= 0.3 is 0 Å². The molecule has 3 aliphatic carbocycles. The Balaban J connectivity index is 1.62. The summed E-state index contributed by atoms with van der Waals surface area (Å²) in [5.41, 5.74) is 0.00323. The van der Waals surface area contributed by atoms with E-state index in [-0.39, 0.29) is 11.5 Å². The van der Waals surface area contributed by atoms with Crippen LogP contribution >= 0.6 is 0 Å². The van der Waals surface area contributed by atoms with Gasteiger partial charge in [-0.15, -0.1) is 0 Å². The molecule has 2 unspecified atom stereocenters. The first-order chi connectivity index (χ1) is 10.0. The molecule has 2 heteroatoms. The third-order valence-electron chi connectivity index (χ3n) is 7.17. The Morgan fingerprint density at radius 1 is 1.19 bits per heavy atom. The highest BCUT2D eigenvalue weighted by molar-refractivity contribution is 5.87. The first kappa shape index (κ1) is 15.5. The summed E-state index contributed by atoms with van der Waals surface area (Å²) in [6.07, 6.45) is 11.3. The van der Waals surface area contributed by atoms with Crippen LogP contribution in [0.1, 0.15) is 78.1 Å². The van der Waals surface area contributed by atoms with Crippen LogP contribution in [0.15, 0.2) is 0 Å². The number of ketones is 1. The lowest BCUT2D eigenvalue weighted by Crippen LogP contribution is -2.41. The maximum atomic E-state index is 12.3. The zero-order valence-corrected chi connectivity index (χ0v) is 13.8. The van der Waals surface area contributed by atoms with Gasteiger partial charge in [0.25, 0.3) is 0 Å². The van der Waals surface area contributed by atoms with Crippen LogP contribution in [0.2, 0.25) is 0 Å². The molecule has 6 atom stereocenters. The second kappa shape index (κ2) is 6.02. The molecule has 120 valence electrons. The second-order valence-corrected chi connectivity index (χ2v) is 8.43. The highest BCUT2D eigenvalue weighted by atomic mass is 16.3. The molecule has 0 radical (unpaired) electrons. The number of Topliss-reactive ketones (excluding diaryl/α,β-unsaturated/α-hetero) is 1. The van der Waals surface area contributed by atoms with E-state index in [2.05, 4.69) is 13.8 Å². The van der Waals surface area contributed by atoms with Crippen molar-refractivity contribution in [1.29, 1.82) is 0 Å². The van der Waals surface area contributed by atoms with E-state index in [0.717, 1.165) is 49.9 Å². The summed E-state index contributed by atoms with van der Waals surface area (Å²) in [5, 5.41) is 9.85. The molecule has 3 rings (SSSR count). The normalized spacial score (nSPS) is 47.4. The van der Waals surface area contributed by atoms with Gasteiger partial charge in [-0.05, 0) is 62.2 Å². The summed E-state index contributed by atoms with van der Waals surface area (Å²) in [7, 11) is 0. The van der Waals surface area contributed by atoms with Crippen molar-refractivity contribution in [2.45, 2.75) is 84.2 Å². The highest BCUT2D eigenvalue weighted by Crippen LogP contribution is 2.55. The Bertz CT molecular complexity index is 391. The number of rotatable bonds is 3. The number of hydrogen-bond donors (Lipinski definition) is 1. The standard InChI is InChI=1S/C19H32O2/c1-13-10-11-19(2)17(8-9-18(19)21)16(13)7-6-14-4-3-5-15(20)12-14/h13-17,20H,3-12H2,1-2H3/t13-,14?,15?,16+,17-,19-/m0/s1. The number of carbonyl (C=O) groups excluding carboxylic acids is 1. The van der Waals surface area contributed by atoms with Crippen LogP contribution in [0.4, 0.5) is 0 Å². The van der Waals surface area contributed by atoms with Gasteiger partial charge in [0, 0.05) is 11.8 Å². The molecule has 0 aromatic rings. The summed E-state index contributed by atoms with van der Waals surface area (Å²) in [6, 6.07) is 0. The largest absolute Gasteiger partial charge is 0.393 e. The zero-order valence-electron chi connectivity index (χ0n) is 13.8. The third-order valence-corrected chi connectivity index (χ3v) is 7.17. The van der Waals surface area contributed by atoms with Crippen molar-refractivity contribution in [2.75, 3.05) is 0 Å². The smallest absolute Gasteiger partial charge is 0.139 e. The van der Waals surface area contributed by atoms with Crippen LogP contribution < -0.4 is 0 Å². The van der Waals surface area contributed by atoms with Crippen molar-refractivity contribution in [3.63, 3.8) is 0 Å². The predicted molar refractivity (Wildman–Crippen MR) is 84.9 cm³/mol. The van der Waals surface area contributed by atoms with E-state index in [1.54, 1.807) is 0 Å². The van der Waals surface area contributed by atoms with E-state index in [9.17, 15) is 9.90 Å². The molecule has 3 fully saturated rings. The number of aliphatic hydroxyl groups excluding tert-OH is 1. The maximum absolute atomic E-state index is 12.3. The van der Waals surface area contributed by atoms with E-state index in [1.165, 1.54) is 32.1 Å². The first-order valence-corrected chi connectivity index (χ1v) is 9.22. The van der Waals surface area contributed by atoms with Crippen molar-refractivity contribution in [3.8, 4) is 0 Å². The van der Waals surface area contributed by atoms with E-state index in [1.807, 2.05) is 0 Å². The van der Waals surface area contributed by atoms with Crippen molar-refractivity contribution >= 4 is 5.78 Å². The van der Waals surface area contributed by atoms with E-state index < -0.39 is 0 Å². The van der Waals surface area contributed by atoms with Gasteiger partial charge < -0.3 is 5.11 Å². The molecular formula is C19H32O2. The second-order valence-electron chi connectivity index (χ2n) is 8.43. The summed E-state index contributed by atoms with van der Waals surface area (Å²) in [6.45, 7) is 4.65. The molecule has 0 spiro atoms. The number of hydrogen-bond acceptors (Lipinski definition) is 2. The average molecular weight is 292 g/mol. The van der Waals surface area contributed by atoms with E-state index >= 15 is 0 Å². The fraction of sp³-hybridized carbons (Fsp3) is 0.947. The van der Waals surface area contributed by atoms with Gasteiger partial charge in [0.2, 0.25) is 0 Å². The lowest BCUT2D eigenvalue weighted by atomic mass is 9.59.